The Morgan fingerprint density at radius 1 is 1.39 bits per heavy atom. The lowest BCUT2D eigenvalue weighted by Crippen LogP contribution is -2.51. The van der Waals surface area contributed by atoms with Crippen molar-refractivity contribution in [3.63, 3.8) is 0 Å². The first kappa shape index (κ1) is 16.7. The van der Waals surface area contributed by atoms with Crippen LogP contribution in [0.1, 0.15) is 29.5 Å². The molecule has 1 aromatic rings. The smallest absolute Gasteiger partial charge is 0.191 e. The number of nitrogens with one attached hydrogen (secondary N) is 2. The minimum Gasteiger partial charge on any atom is -0.373 e. The average molecular weight is 337 g/mol. The van der Waals surface area contributed by atoms with Crippen molar-refractivity contribution in [2.75, 3.05) is 33.3 Å². The molecule has 0 aromatic carbocycles. The minimum absolute atomic E-state index is 0.260. The number of ether oxygens (including phenoxy) is 1. The van der Waals surface area contributed by atoms with Crippen molar-refractivity contribution in [2.24, 2.45) is 4.99 Å². The minimum atomic E-state index is 0.260. The lowest BCUT2D eigenvalue weighted by atomic mass is 10.2. The van der Waals surface area contributed by atoms with E-state index in [1.807, 2.05) is 18.4 Å². The van der Waals surface area contributed by atoms with E-state index in [0.29, 0.717) is 6.04 Å². The van der Waals surface area contributed by atoms with Gasteiger partial charge in [0.15, 0.2) is 5.96 Å². The summed E-state index contributed by atoms with van der Waals surface area (Å²) in [6.07, 6.45) is 3.98. The SMILES string of the molecule is CCc1ccc(CNC(=NC)NCC2CN3CCCC3CO2)s1. The van der Waals surface area contributed by atoms with Gasteiger partial charge < -0.3 is 15.4 Å². The number of fused-ring (bicyclic) bond motifs is 1. The molecular formula is C17H28N4OS. The molecule has 3 heterocycles. The van der Waals surface area contributed by atoms with E-state index in [1.165, 1.54) is 29.1 Å². The van der Waals surface area contributed by atoms with E-state index in [2.05, 4.69) is 39.6 Å². The number of guanidine groups is 1. The summed E-state index contributed by atoms with van der Waals surface area (Å²) < 4.78 is 5.98. The summed E-state index contributed by atoms with van der Waals surface area (Å²) >= 11 is 1.87. The van der Waals surface area contributed by atoms with Gasteiger partial charge in [-0.05, 0) is 37.9 Å². The van der Waals surface area contributed by atoms with E-state index in [1.54, 1.807) is 0 Å². The van der Waals surface area contributed by atoms with Crippen molar-refractivity contribution in [1.29, 1.82) is 0 Å². The molecule has 0 spiro atoms. The second-order valence-corrected chi connectivity index (χ2v) is 7.53. The molecule has 0 saturated carbocycles. The van der Waals surface area contributed by atoms with E-state index < -0.39 is 0 Å². The third kappa shape index (κ3) is 4.46. The van der Waals surface area contributed by atoms with Gasteiger partial charge in [-0.15, -0.1) is 11.3 Å². The Labute approximate surface area is 143 Å². The summed E-state index contributed by atoms with van der Waals surface area (Å²) in [5, 5.41) is 6.79. The molecule has 1 aromatic heterocycles. The number of rotatable bonds is 5. The van der Waals surface area contributed by atoms with Crippen molar-refractivity contribution < 1.29 is 4.74 Å². The Balaban J connectivity index is 1.41. The Morgan fingerprint density at radius 3 is 3.04 bits per heavy atom. The molecule has 0 aliphatic carbocycles. The maximum absolute atomic E-state index is 5.98. The standard InChI is InChI=1S/C17H28N4OS/c1-3-15-6-7-16(23-15)10-20-17(18-2)19-9-14-11-21-8-4-5-13(21)12-22-14/h6-7,13-14H,3-5,8-12H2,1-2H3,(H2,18,19,20). The van der Waals surface area contributed by atoms with Crippen LogP contribution in [0.4, 0.5) is 0 Å². The summed E-state index contributed by atoms with van der Waals surface area (Å²) in [5.41, 5.74) is 0. The monoisotopic (exact) mass is 336 g/mol. The fraction of sp³-hybridized carbons (Fsp3) is 0.706. The molecular weight excluding hydrogens is 308 g/mol. The molecule has 6 heteroatoms. The molecule has 2 N–H and O–H groups in total. The highest BCUT2D eigenvalue weighted by molar-refractivity contribution is 7.11. The highest BCUT2D eigenvalue weighted by atomic mass is 32.1. The third-order valence-electron chi connectivity index (χ3n) is 4.68. The summed E-state index contributed by atoms with van der Waals surface area (Å²) in [6.45, 7) is 6.98. The normalized spacial score (nSPS) is 25.4. The van der Waals surface area contributed by atoms with Gasteiger partial charge in [-0.3, -0.25) is 9.89 Å². The highest BCUT2D eigenvalue weighted by Crippen LogP contribution is 2.22. The van der Waals surface area contributed by atoms with Crippen LogP contribution >= 0.6 is 11.3 Å². The molecule has 3 rings (SSSR count). The van der Waals surface area contributed by atoms with E-state index >= 15 is 0 Å². The van der Waals surface area contributed by atoms with Gasteiger partial charge in [-0.2, -0.15) is 0 Å². The Morgan fingerprint density at radius 2 is 2.26 bits per heavy atom. The van der Waals surface area contributed by atoms with E-state index in [4.69, 9.17) is 4.74 Å². The summed E-state index contributed by atoms with van der Waals surface area (Å²) in [4.78, 5) is 9.66. The van der Waals surface area contributed by atoms with Crippen molar-refractivity contribution in [1.82, 2.24) is 15.5 Å². The fourth-order valence-electron chi connectivity index (χ4n) is 3.32. The van der Waals surface area contributed by atoms with Crippen molar-refractivity contribution >= 4 is 17.3 Å². The first-order chi connectivity index (χ1) is 11.3. The molecule has 0 bridgehead atoms. The number of aryl methyl sites for hydroxylation is 1. The van der Waals surface area contributed by atoms with Crippen molar-refractivity contribution in [3.05, 3.63) is 21.9 Å². The molecule has 2 unspecified atom stereocenters. The first-order valence-electron chi connectivity index (χ1n) is 8.66. The molecule has 2 aliphatic heterocycles. The number of aliphatic imine (C=N–C) groups is 1. The second kappa shape index (κ2) is 8.13. The molecule has 128 valence electrons. The zero-order chi connectivity index (χ0) is 16.1. The largest absolute Gasteiger partial charge is 0.373 e. The summed E-state index contributed by atoms with van der Waals surface area (Å²) in [6, 6.07) is 5.07. The Bertz CT molecular complexity index is 530. The molecule has 5 nitrogen and oxygen atoms in total. The maximum atomic E-state index is 5.98. The molecule has 2 atom stereocenters. The lowest BCUT2D eigenvalue weighted by molar-refractivity contribution is -0.0453. The maximum Gasteiger partial charge on any atom is 0.191 e. The van der Waals surface area contributed by atoms with Crippen molar-refractivity contribution in [2.45, 2.75) is 44.9 Å². The van der Waals surface area contributed by atoms with Crippen LogP contribution in [0.2, 0.25) is 0 Å². The quantitative estimate of drug-likeness (QED) is 0.636. The van der Waals surface area contributed by atoms with E-state index in [-0.39, 0.29) is 6.10 Å². The highest BCUT2D eigenvalue weighted by Gasteiger charge is 2.32. The second-order valence-electron chi connectivity index (χ2n) is 6.27. The zero-order valence-corrected chi connectivity index (χ0v) is 15.0. The molecule has 2 saturated heterocycles. The topological polar surface area (TPSA) is 48.9 Å². The zero-order valence-electron chi connectivity index (χ0n) is 14.2. The van der Waals surface area contributed by atoms with Gasteiger partial charge in [0.1, 0.15) is 0 Å². The van der Waals surface area contributed by atoms with Gasteiger partial charge in [-0.1, -0.05) is 6.92 Å². The van der Waals surface area contributed by atoms with Crippen LogP contribution in [-0.2, 0) is 17.7 Å². The van der Waals surface area contributed by atoms with Gasteiger partial charge >= 0.3 is 0 Å². The van der Waals surface area contributed by atoms with Gasteiger partial charge in [-0.25, -0.2) is 0 Å². The fourth-order valence-corrected chi connectivity index (χ4v) is 4.22. The van der Waals surface area contributed by atoms with Crippen LogP contribution in [0, 0.1) is 0 Å². The molecule has 0 radical (unpaired) electrons. The van der Waals surface area contributed by atoms with Crippen LogP contribution in [0.25, 0.3) is 0 Å². The molecule has 2 aliphatic rings. The molecule has 23 heavy (non-hydrogen) atoms. The molecule has 2 fully saturated rings. The van der Waals surface area contributed by atoms with Crippen LogP contribution in [0.5, 0.6) is 0 Å². The number of thiophene rings is 1. The third-order valence-corrected chi connectivity index (χ3v) is 5.91. The van der Waals surface area contributed by atoms with E-state index in [0.717, 1.165) is 38.6 Å². The lowest BCUT2D eigenvalue weighted by Gasteiger charge is -2.35. The summed E-state index contributed by atoms with van der Waals surface area (Å²) in [5.74, 6) is 0.851. The predicted octanol–water partition coefficient (Wildman–Crippen LogP) is 1.84. The Hall–Kier alpha value is -1.11. The predicted molar refractivity (Wildman–Crippen MR) is 96.2 cm³/mol. The molecule has 0 amide bonds. The van der Waals surface area contributed by atoms with Gasteiger partial charge in [0.25, 0.3) is 0 Å². The van der Waals surface area contributed by atoms with Crippen LogP contribution in [0.3, 0.4) is 0 Å². The van der Waals surface area contributed by atoms with Crippen LogP contribution < -0.4 is 10.6 Å². The van der Waals surface area contributed by atoms with Gasteiger partial charge in [0, 0.05) is 35.9 Å². The van der Waals surface area contributed by atoms with Crippen molar-refractivity contribution in [3.8, 4) is 0 Å². The number of morpholine rings is 1. The summed E-state index contributed by atoms with van der Waals surface area (Å²) in [7, 11) is 1.82. The van der Waals surface area contributed by atoms with E-state index in [9.17, 15) is 0 Å². The number of hydrogen-bond acceptors (Lipinski definition) is 4. The van der Waals surface area contributed by atoms with Crippen LogP contribution in [0.15, 0.2) is 17.1 Å². The van der Waals surface area contributed by atoms with Crippen LogP contribution in [-0.4, -0.2) is 56.3 Å². The number of nitrogens with zero attached hydrogens (tertiary/aromatic N) is 2. The number of hydrogen-bond donors (Lipinski definition) is 2. The first-order valence-corrected chi connectivity index (χ1v) is 9.48. The van der Waals surface area contributed by atoms with Gasteiger partial charge in [0.2, 0.25) is 0 Å². The average Bonchev–Trinajstić information content (AvgIpc) is 3.23. The van der Waals surface area contributed by atoms with Gasteiger partial charge in [0.05, 0.1) is 19.3 Å². The Kier molecular flexibility index (Phi) is 5.91.